The summed E-state index contributed by atoms with van der Waals surface area (Å²) in [6.07, 6.45) is 3.11. The molecule has 1 aliphatic rings. The van der Waals surface area contributed by atoms with Crippen LogP contribution in [0.4, 0.5) is 19.0 Å². The number of fused-ring (bicyclic) bond motifs is 1. The minimum absolute atomic E-state index is 0.0290. The van der Waals surface area contributed by atoms with E-state index in [1.807, 2.05) is 0 Å². The van der Waals surface area contributed by atoms with Gasteiger partial charge in [-0.3, -0.25) is 14.0 Å². The molecule has 0 spiro atoms. The second kappa shape index (κ2) is 7.98. The van der Waals surface area contributed by atoms with E-state index in [0.717, 1.165) is 12.8 Å². The molecule has 3 aromatic heterocycles. The van der Waals surface area contributed by atoms with Crippen LogP contribution in [-0.2, 0) is 4.79 Å². The number of nitrogens with one attached hydrogen (secondary N) is 1. The molecule has 1 aliphatic carbocycles. The summed E-state index contributed by atoms with van der Waals surface area (Å²) in [6, 6.07) is 1.27. The average Bonchev–Trinajstić information content (AvgIpc) is 3.30. The molecule has 2 amide bonds. The molecular formula is C18H18F3N7O3. The second-order valence-corrected chi connectivity index (χ2v) is 7.11. The van der Waals surface area contributed by atoms with Crippen LogP contribution in [0.2, 0.25) is 0 Å². The molecule has 10 nitrogen and oxygen atoms in total. The third kappa shape index (κ3) is 4.82. The van der Waals surface area contributed by atoms with Crippen molar-refractivity contribution in [3.05, 3.63) is 36.5 Å². The summed E-state index contributed by atoms with van der Waals surface area (Å²) in [6.45, 7) is -2.57. The molecule has 0 unspecified atom stereocenters. The van der Waals surface area contributed by atoms with Crippen LogP contribution in [-0.4, -0.2) is 71.8 Å². The van der Waals surface area contributed by atoms with Gasteiger partial charge in [0.15, 0.2) is 23.0 Å². The van der Waals surface area contributed by atoms with Gasteiger partial charge in [-0.05, 0) is 18.9 Å². The van der Waals surface area contributed by atoms with Crippen molar-refractivity contribution in [3.63, 3.8) is 0 Å². The number of aliphatic hydroxyl groups excluding tert-OH is 1. The number of halogens is 3. The zero-order valence-electron chi connectivity index (χ0n) is 16.1. The number of aliphatic hydroxyl groups is 1. The molecule has 0 aromatic carbocycles. The average molecular weight is 437 g/mol. The van der Waals surface area contributed by atoms with Crippen molar-refractivity contribution in [1.29, 1.82) is 0 Å². The first-order chi connectivity index (χ1) is 14.7. The fraction of sp³-hybridized carbons (Fsp3) is 0.389. The summed E-state index contributed by atoms with van der Waals surface area (Å²) in [7, 11) is 0. The van der Waals surface area contributed by atoms with Crippen molar-refractivity contribution in [2.24, 2.45) is 5.92 Å². The van der Waals surface area contributed by atoms with Crippen molar-refractivity contribution in [3.8, 4) is 5.82 Å². The molecule has 4 rings (SSSR count). The fourth-order valence-corrected chi connectivity index (χ4v) is 2.96. The number of hydrogen-bond donors (Lipinski definition) is 2. The number of hydrogen-bond acceptors (Lipinski definition) is 6. The first-order valence-corrected chi connectivity index (χ1v) is 9.42. The number of nitrogens with zero attached hydrogens (tertiary/aromatic N) is 6. The Morgan fingerprint density at radius 2 is 2.06 bits per heavy atom. The van der Waals surface area contributed by atoms with E-state index in [1.165, 1.54) is 23.1 Å². The van der Waals surface area contributed by atoms with Crippen LogP contribution in [0.15, 0.2) is 30.9 Å². The highest BCUT2D eigenvalue weighted by Gasteiger charge is 2.34. The van der Waals surface area contributed by atoms with E-state index in [4.69, 9.17) is 5.11 Å². The number of anilines is 1. The number of alkyl halides is 3. The van der Waals surface area contributed by atoms with Crippen molar-refractivity contribution >= 4 is 23.3 Å². The maximum atomic E-state index is 12.7. The lowest BCUT2D eigenvalue weighted by Crippen LogP contribution is -2.40. The third-order valence-electron chi connectivity index (χ3n) is 4.60. The fourth-order valence-electron chi connectivity index (χ4n) is 2.96. The minimum atomic E-state index is -4.60. The van der Waals surface area contributed by atoms with Crippen LogP contribution in [0, 0.1) is 5.92 Å². The van der Waals surface area contributed by atoms with Crippen LogP contribution < -0.4 is 5.32 Å². The number of aromatic nitrogens is 5. The predicted octanol–water partition coefficient (Wildman–Crippen LogP) is 1.26. The molecule has 2 N–H and O–H groups in total. The molecule has 0 radical (unpaired) electrons. The maximum Gasteiger partial charge on any atom is 0.406 e. The Balaban J connectivity index is 1.53. The van der Waals surface area contributed by atoms with E-state index >= 15 is 0 Å². The monoisotopic (exact) mass is 437 g/mol. The summed E-state index contributed by atoms with van der Waals surface area (Å²) in [5.41, 5.74) is 0.250. The Labute approximate surface area is 173 Å². The van der Waals surface area contributed by atoms with Gasteiger partial charge in [-0.1, -0.05) is 0 Å². The Hall–Kier alpha value is -3.48. The van der Waals surface area contributed by atoms with E-state index in [0.29, 0.717) is 16.4 Å². The first kappa shape index (κ1) is 20.8. The largest absolute Gasteiger partial charge is 0.406 e. The SMILES string of the molecule is O=C(Nc1cn2cc(-n3ccc(C(=O)N(CCO)CC(F)(F)F)n3)ncc2n1)C1CC1. The zero-order valence-corrected chi connectivity index (χ0v) is 16.1. The number of imidazole rings is 1. The molecule has 3 aromatic rings. The Morgan fingerprint density at radius 1 is 1.29 bits per heavy atom. The molecule has 0 saturated heterocycles. The lowest BCUT2D eigenvalue weighted by molar-refractivity contribution is -0.141. The molecular weight excluding hydrogens is 419 g/mol. The predicted molar refractivity (Wildman–Crippen MR) is 101 cm³/mol. The van der Waals surface area contributed by atoms with Gasteiger partial charge in [0.2, 0.25) is 5.91 Å². The van der Waals surface area contributed by atoms with E-state index in [1.54, 1.807) is 16.8 Å². The van der Waals surface area contributed by atoms with E-state index in [-0.39, 0.29) is 23.3 Å². The van der Waals surface area contributed by atoms with Crippen LogP contribution in [0.5, 0.6) is 0 Å². The molecule has 1 fully saturated rings. The van der Waals surface area contributed by atoms with Crippen molar-refractivity contribution in [1.82, 2.24) is 29.0 Å². The van der Waals surface area contributed by atoms with Gasteiger partial charge in [-0.15, -0.1) is 0 Å². The number of carbonyl (C=O) groups is 2. The molecule has 0 bridgehead atoms. The van der Waals surface area contributed by atoms with Gasteiger partial charge in [0.25, 0.3) is 5.91 Å². The van der Waals surface area contributed by atoms with Crippen LogP contribution in [0.25, 0.3) is 11.5 Å². The summed E-state index contributed by atoms with van der Waals surface area (Å²) < 4.78 is 41.0. The quantitative estimate of drug-likeness (QED) is 0.575. The second-order valence-electron chi connectivity index (χ2n) is 7.11. The summed E-state index contributed by atoms with van der Waals surface area (Å²) >= 11 is 0. The zero-order chi connectivity index (χ0) is 22.2. The van der Waals surface area contributed by atoms with Crippen LogP contribution in [0.1, 0.15) is 23.3 Å². The van der Waals surface area contributed by atoms with Crippen LogP contribution in [0.3, 0.4) is 0 Å². The Bertz CT molecular complexity index is 1120. The summed E-state index contributed by atoms with van der Waals surface area (Å²) in [4.78, 5) is 33.2. The highest BCUT2D eigenvalue weighted by Crippen LogP contribution is 2.30. The number of rotatable bonds is 7. The number of carbonyl (C=O) groups excluding carboxylic acids is 2. The normalized spacial score (nSPS) is 14.1. The molecule has 31 heavy (non-hydrogen) atoms. The molecule has 13 heteroatoms. The molecule has 1 saturated carbocycles. The van der Waals surface area contributed by atoms with E-state index in [9.17, 15) is 22.8 Å². The van der Waals surface area contributed by atoms with Gasteiger partial charge < -0.3 is 15.3 Å². The van der Waals surface area contributed by atoms with Gasteiger partial charge in [-0.25, -0.2) is 14.6 Å². The molecule has 0 atom stereocenters. The van der Waals surface area contributed by atoms with Gasteiger partial charge in [0, 0.05) is 18.7 Å². The van der Waals surface area contributed by atoms with Gasteiger partial charge in [-0.2, -0.15) is 18.3 Å². The Morgan fingerprint density at radius 3 is 2.74 bits per heavy atom. The van der Waals surface area contributed by atoms with Crippen molar-refractivity contribution < 1.29 is 27.9 Å². The summed E-state index contributed by atoms with van der Waals surface area (Å²) in [5.74, 6) is -0.356. The minimum Gasteiger partial charge on any atom is -0.395 e. The molecule has 3 heterocycles. The van der Waals surface area contributed by atoms with E-state index in [2.05, 4.69) is 20.4 Å². The highest BCUT2D eigenvalue weighted by atomic mass is 19.4. The van der Waals surface area contributed by atoms with Crippen molar-refractivity contribution in [2.75, 3.05) is 25.0 Å². The highest BCUT2D eigenvalue weighted by molar-refractivity contribution is 5.93. The van der Waals surface area contributed by atoms with Crippen LogP contribution >= 0.6 is 0 Å². The van der Waals surface area contributed by atoms with E-state index < -0.39 is 31.8 Å². The van der Waals surface area contributed by atoms with Gasteiger partial charge in [0.1, 0.15) is 6.54 Å². The first-order valence-electron chi connectivity index (χ1n) is 9.42. The van der Waals surface area contributed by atoms with Gasteiger partial charge >= 0.3 is 6.18 Å². The van der Waals surface area contributed by atoms with Gasteiger partial charge in [0.05, 0.1) is 25.2 Å². The smallest absolute Gasteiger partial charge is 0.395 e. The summed E-state index contributed by atoms with van der Waals surface area (Å²) in [5, 5.41) is 15.7. The maximum absolute atomic E-state index is 12.7. The molecule has 0 aliphatic heterocycles. The third-order valence-corrected chi connectivity index (χ3v) is 4.60. The van der Waals surface area contributed by atoms with Crippen molar-refractivity contribution in [2.45, 2.75) is 19.0 Å². The number of amides is 2. The lowest BCUT2D eigenvalue weighted by Gasteiger charge is -2.22. The Kier molecular flexibility index (Phi) is 5.35. The topological polar surface area (TPSA) is 118 Å². The lowest BCUT2D eigenvalue weighted by atomic mass is 10.3. The molecule has 164 valence electrons. The standard InChI is InChI=1S/C18H18F3N7O3/c19-18(20,21)10-26(5-6-29)17(31)12-3-4-28(25-12)15-9-27-8-13(23-14(27)7-22-15)24-16(30)11-1-2-11/h3-4,7-9,11,29H,1-2,5-6,10H2,(H,24,30).